The predicted octanol–water partition coefficient (Wildman–Crippen LogP) is 3.74. The number of benzene rings is 1. The van der Waals surface area contributed by atoms with E-state index in [-0.39, 0.29) is 16.1 Å². The summed E-state index contributed by atoms with van der Waals surface area (Å²) < 4.78 is 27.8. The molecule has 0 radical (unpaired) electrons. The maximum Gasteiger partial charge on any atom is 0.348 e. The van der Waals surface area contributed by atoms with Crippen molar-refractivity contribution in [3.63, 3.8) is 0 Å². The van der Waals surface area contributed by atoms with Crippen LogP contribution >= 0.6 is 11.3 Å². The maximum atomic E-state index is 13.4. The Balaban J connectivity index is 2.57. The molecule has 0 aliphatic heterocycles. The molecule has 7 heteroatoms. The first kappa shape index (κ1) is 16.4. The lowest BCUT2D eigenvalue weighted by Crippen LogP contribution is -2.14. The van der Waals surface area contributed by atoms with E-state index in [0.717, 1.165) is 25.0 Å². The van der Waals surface area contributed by atoms with Crippen molar-refractivity contribution in [3.8, 4) is 11.3 Å². The summed E-state index contributed by atoms with van der Waals surface area (Å²) in [6, 6.07) is 3.12. The third-order valence-electron chi connectivity index (χ3n) is 3.27. The zero-order chi connectivity index (χ0) is 16.3. The van der Waals surface area contributed by atoms with E-state index < -0.39 is 22.5 Å². The van der Waals surface area contributed by atoms with E-state index in [4.69, 9.17) is 0 Å². The standard InChI is InChI=1S/C15H15F2NO3S/c1-2-3-4-7-18-12(13(14(19)20)22-15(18)21)9-5-6-10(16)11(17)8-9/h5-6,8H,2-4,7H2,1H3,(H,19,20). The number of hydrogen-bond donors (Lipinski definition) is 1. The van der Waals surface area contributed by atoms with Gasteiger partial charge in [-0.15, -0.1) is 0 Å². The lowest BCUT2D eigenvalue weighted by atomic mass is 10.1. The summed E-state index contributed by atoms with van der Waals surface area (Å²) in [4.78, 5) is 22.8. The lowest BCUT2D eigenvalue weighted by Gasteiger charge is -2.09. The van der Waals surface area contributed by atoms with E-state index in [0.29, 0.717) is 24.3 Å². The van der Waals surface area contributed by atoms with Gasteiger partial charge in [-0.3, -0.25) is 9.36 Å². The van der Waals surface area contributed by atoms with Crippen LogP contribution in [0.25, 0.3) is 11.3 Å². The average molecular weight is 327 g/mol. The Kier molecular flexibility index (Phi) is 5.07. The maximum absolute atomic E-state index is 13.4. The van der Waals surface area contributed by atoms with Gasteiger partial charge in [-0.25, -0.2) is 13.6 Å². The molecule has 0 unspecified atom stereocenters. The van der Waals surface area contributed by atoms with Gasteiger partial charge in [-0.2, -0.15) is 0 Å². The molecule has 1 heterocycles. The zero-order valence-corrected chi connectivity index (χ0v) is 12.8. The minimum absolute atomic E-state index is 0.137. The number of rotatable bonds is 6. The van der Waals surface area contributed by atoms with E-state index >= 15 is 0 Å². The van der Waals surface area contributed by atoms with Gasteiger partial charge in [-0.1, -0.05) is 31.1 Å². The molecule has 118 valence electrons. The average Bonchev–Trinajstić information content (AvgIpc) is 2.80. The van der Waals surface area contributed by atoms with Crippen LogP contribution in [0.3, 0.4) is 0 Å². The number of nitrogens with zero attached hydrogens (tertiary/aromatic N) is 1. The number of halogens is 2. The van der Waals surface area contributed by atoms with Crippen molar-refractivity contribution >= 4 is 17.3 Å². The fraction of sp³-hybridized carbons (Fsp3) is 0.333. The Bertz CT molecular complexity index is 752. The van der Waals surface area contributed by atoms with Crippen molar-refractivity contribution in [1.29, 1.82) is 0 Å². The van der Waals surface area contributed by atoms with Crippen LogP contribution in [-0.2, 0) is 6.54 Å². The summed E-state index contributed by atoms with van der Waals surface area (Å²) in [6.45, 7) is 2.36. The third-order valence-corrected chi connectivity index (χ3v) is 4.23. The van der Waals surface area contributed by atoms with Crippen molar-refractivity contribution in [1.82, 2.24) is 4.57 Å². The second kappa shape index (κ2) is 6.83. The Morgan fingerprint density at radius 2 is 2.00 bits per heavy atom. The molecular formula is C15H15F2NO3S. The smallest absolute Gasteiger partial charge is 0.348 e. The third kappa shape index (κ3) is 3.24. The molecule has 2 aromatic rings. The summed E-state index contributed by atoms with van der Waals surface area (Å²) in [5.41, 5.74) is 0.323. The molecule has 0 amide bonds. The summed E-state index contributed by atoms with van der Waals surface area (Å²) in [5, 5.41) is 9.25. The van der Waals surface area contributed by atoms with Gasteiger partial charge in [0, 0.05) is 12.1 Å². The molecule has 0 aliphatic carbocycles. The highest BCUT2D eigenvalue weighted by molar-refractivity contribution is 7.11. The van der Waals surface area contributed by atoms with Gasteiger partial charge in [0.25, 0.3) is 0 Å². The Labute approximate surface area is 129 Å². The van der Waals surface area contributed by atoms with Gasteiger partial charge >= 0.3 is 10.8 Å². The number of aromatic nitrogens is 1. The predicted molar refractivity (Wildman–Crippen MR) is 80.4 cm³/mol. The molecule has 0 saturated carbocycles. The fourth-order valence-electron chi connectivity index (χ4n) is 2.20. The van der Waals surface area contributed by atoms with E-state index in [1.807, 2.05) is 6.92 Å². The molecule has 0 saturated heterocycles. The summed E-state index contributed by atoms with van der Waals surface area (Å²) >= 11 is 0.604. The second-order valence-corrected chi connectivity index (χ2v) is 5.80. The van der Waals surface area contributed by atoms with E-state index in [1.165, 1.54) is 10.6 Å². The van der Waals surface area contributed by atoms with Crippen LogP contribution in [0, 0.1) is 11.6 Å². The molecule has 1 N–H and O–H groups in total. The largest absolute Gasteiger partial charge is 0.477 e. The molecule has 4 nitrogen and oxygen atoms in total. The first-order valence-corrected chi connectivity index (χ1v) is 7.69. The molecule has 22 heavy (non-hydrogen) atoms. The van der Waals surface area contributed by atoms with Crippen LogP contribution in [-0.4, -0.2) is 15.6 Å². The Hall–Kier alpha value is -2.02. The minimum atomic E-state index is -1.25. The summed E-state index contributed by atoms with van der Waals surface area (Å²) in [6.07, 6.45) is 2.55. The highest BCUT2D eigenvalue weighted by Gasteiger charge is 2.22. The molecule has 0 aliphatic rings. The van der Waals surface area contributed by atoms with E-state index in [1.54, 1.807) is 0 Å². The number of aromatic carboxylic acids is 1. The van der Waals surface area contributed by atoms with Crippen molar-refractivity contribution in [2.45, 2.75) is 32.7 Å². The van der Waals surface area contributed by atoms with Gasteiger partial charge in [-0.05, 0) is 24.6 Å². The molecule has 0 fully saturated rings. The number of unbranched alkanes of at least 4 members (excludes halogenated alkanes) is 2. The highest BCUT2D eigenvalue weighted by atomic mass is 32.1. The first-order chi connectivity index (χ1) is 10.5. The second-order valence-electron chi connectivity index (χ2n) is 4.84. The van der Waals surface area contributed by atoms with E-state index in [2.05, 4.69) is 0 Å². The Morgan fingerprint density at radius 3 is 2.59 bits per heavy atom. The van der Waals surface area contributed by atoms with Gasteiger partial charge in [0.15, 0.2) is 11.6 Å². The lowest BCUT2D eigenvalue weighted by molar-refractivity contribution is 0.0702. The van der Waals surface area contributed by atoms with Crippen molar-refractivity contribution in [3.05, 3.63) is 44.4 Å². The van der Waals surface area contributed by atoms with Gasteiger partial charge < -0.3 is 5.11 Å². The van der Waals surface area contributed by atoms with Crippen LogP contribution in [0.15, 0.2) is 23.0 Å². The number of carbonyl (C=O) groups is 1. The number of carboxylic acids is 1. The van der Waals surface area contributed by atoms with Crippen molar-refractivity contribution in [2.75, 3.05) is 0 Å². The Morgan fingerprint density at radius 1 is 1.27 bits per heavy atom. The van der Waals surface area contributed by atoms with Crippen LogP contribution in [0.5, 0.6) is 0 Å². The van der Waals surface area contributed by atoms with Crippen molar-refractivity contribution in [2.24, 2.45) is 0 Å². The normalized spacial score (nSPS) is 10.9. The monoisotopic (exact) mass is 327 g/mol. The van der Waals surface area contributed by atoms with Crippen LogP contribution < -0.4 is 4.87 Å². The van der Waals surface area contributed by atoms with Crippen molar-refractivity contribution < 1.29 is 18.7 Å². The summed E-state index contributed by atoms with van der Waals surface area (Å²) in [7, 11) is 0. The highest BCUT2D eigenvalue weighted by Crippen LogP contribution is 2.27. The molecule has 0 spiro atoms. The molecule has 1 aromatic heterocycles. The minimum Gasteiger partial charge on any atom is -0.477 e. The molecule has 1 aromatic carbocycles. The molecule has 0 atom stereocenters. The number of hydrogen-bond acceptors (Lipinski definition) is 3. The fourth-order valence-corrected chi connectivity index (χ4v) is 3.08. The molecule has 2 rings (SSSR count). The molecular weight excluding hydrogens is 312 g/mol. The van der Waals surface area contributed by atoms with Gasteiger partial charge in [0.05, 0.1) is 5.69 Å². The SMILES string of the molecule is CCCCCn1c(-c2ccc(F)c(F)c2)c(C(=O)O)sc1=O. The molecule has 0 bridgehead atoms. The van der Waals surface area contributed by atoms with Gasteiger partial charge in [0.2, 0.25) is 0 Å². The van der Waals surface area contributed by atoms with Crippen LogP contribution in [0.2, 0.25) is 0 Å². The zero-order valence-electron chi connectivity index (χ0n) is 11.9. The van der Waals surface area contributed by atoms with Gasteiger partial charge in [0.1, 0.15) is 4.88 Å². The van der Waals surface area contributed by atoms with Crippen LogP contribution in [0.4, 0.5) is 8.78 Å². The summed E-state index contributed by atoms with van der Waals surface area (Å²) in [5.74, 6) is -3.35. The van der Waals surface area contributed by atoms with E-state index in [9.17, 15) is 23.5 Å². The first-order valence-electron chi connectivity index (χ1n) is 6.88. The van der Waals surface area contributed by atoms with Crippen LogP contribution in [0.1, 0.15) is 35.9 Å². The quantitative estimate of drug-likeness (QED) is 0.822. The topological polar surface area (TPSA) is 59.3 Å². The number of thiazole rings is 1. The number of carboxylic acid groups (broad SMARTS) is 1.